The topological polar surface area (TPSA) is 110 Å². The lowest BCUT2D eigenvalue weighted by Crippen LogP contribution is -2.48. The highest BCUT2D eigenvalue weighted by Crippen LogP contribution is 2.17. The molecule has 12 heteroatoms. The molecule has 10 nitrogen and oxygen atoms in total. The van der Waals surface area contributed by atoms with Crippen molar-refractivity contribution < 1.29 is 18.5 Å². The minimum absolute atomic E-state index is 0.131. The molecule has 0 N–H and O–H groups in total. The van der Waals surface area contributed by atoms with Gasteiger partial charge < -0.3 is 4.90 Å². The highest BCUT2D eigenvalue weighted by atomic mass is 19.2. The van der Waals surface area contributed by atoms with Gasteiger partial charge in [0.2, 0.25) is 0 Å². The number of hydrogen-bond donors (Lipinski definition) is 0. The summed E-state index contributed by atoms with van der Waals surface area (Å²) in [6, 6.07) is 9.06. The van der Waals surface area contributed by atoms with Crippen LogP contribution in [0.15, 0.2) is 42.5 Å². The smallest absolute Gasteiger partial charge is 0.270 e. The summed E-state index contributed by atoms with van der Waals surface area (Å²) in [6.07, 6.45) is 0. The van der Waals surface area contributed by atoms with Crippen molar-refractivity contribution in [3.05, 3.63) is 75.6 Å². The lowest BCUT2D eigenvalue weighted by atomic mass is 10.1. The number of rotatable bonds is 5. The van der Waals surface area contributed by atoms with Gasteiger partial charge in [0.05, 0.1) is 17.2 Å². The maximum atomic E-state index is 13.5. The Kier molecular flexibility index (Phi) is 5.62. The first-order chi connectivity index (χ1) is 14.9. The van der Waals surface area contributed by atoms with Crippen LogP contribution in [0.3, 0.4) is 0 Å². The van der Waals surface area contributed by atoms with Crippen molar-refractivity contribution in [3.63, 3.8) is 0 Å². The van der Waals surface area contributed by atoms with E-state index in [1.165, 1.54) is 28.9 Å². The zero-order chi connectivity index (χ0) is 22.0. The van der Waals surface area contributed by atoms with Gasteiger partial charge in [0.15, 0.2) is 17.5 Å². The molecular formula is C19H17F2N7O3. The highest BCUT2D eigenvalue weighted by molar-refractivity contribution is 5.94. The summed E-state index contributed by atoms with van der Waals surface area (Å²) in [5.74, 6) is -1.77. The van der Waals surface area contributed by atoms with Crippen LogP contribution in [0.1, 0.15) is 16.2 Å². The predicted molar refractivity (Wildman–Crippen MR) is 103 cm³/mol. The molecule has 1 amide bonds. The van der Waals surface area contributed by atoms with Gasteiger partial charge in [-0.3, -0.25) is 19.8 Å². The molecule has 0 bridgehead atoms. The van der Waals surface area contributed by atoms with Crippen LogP contribution in [0, 0.1) is 21.7 Å². The van der Waals surface area contributed by atoms with E-state index < -0.39 is 16.6 Å². The first kappa shape index (κ1) is 20.5. The van der Waals surface area contributed by atoms with Crippen LogP contribution in [-0.4, -0.2) is 67.0 Å². The third-order valence-electron chi connectivity index (χ3n) is 5.01. The number of carbonyl (C=O) groups is 1. The molecule has 0 atom stereocenters. The Morgan fingerprint density at radius 1 is 1.06 bits per heavy atom. The minimum atomic E-state index is -0.993. The lowest BCUT2D eigenvalue weighted by Gasteiger charge is -2.34. The summed E-state index contributed by atoms with van der Waals surface area (Å²) in [7, 11) is 0. The normalized spacial score (nSPS) is 14.6. The Bertz CT molecular complexity index is 1130. The molecule has 1 aliphatic rings. The fraction of sp³-hybridized carbons (Fsp3) is 0.263. The number of benzene rings is 2. The number of nitro benzene ring substituents is 1. The largest absolute Gasteiger partial charge is 0.336 e. The molecule has 1 aliphatic heterocycles. The van der Waals surface area contributed by atoms with Crippen molar-refractivity contribution in [2.24, 2.45) is 0 Å². The Morgan fingerprint density at radius 2 is 1.84 bits per heavy atom. The molecule has 3 aromatic rings. The Labute approximate surface area is 174 Å². The molecule has 2 heterocycles. The first-order valence-electron chi connectivity index (χ1n) is 9.41. The molecule has 1 fully saturated rings. The van der Waals surface area contributed by atoms with E-state index in [-0.39, 0.29) is 17.2 Å². The standard InChI is InChI=1S/C19H17F2N7O3/c20-16-5-4-14(11-17(16)21)27-18(22-23-24-27)12-25-6-8-26(9-7-25)19(29)13-2-1-3-15(10-13)28(30)31/h1-5,10-11H,6-9,12H2. The predicted octanol–water partition coefficient (Wildman–Crippen LogP) is 1.81. The number of hydrogen-bond acceptors (Lipinski definition) is 7. The third kappa shape index (κ3) is 4.38. The minimum Gasteiger partial charge on any atom is -0.336 e. The van der Waals surface area contributed by atoms with Gasteiger partial charge >= 0.3 is 0 Å². The second kappa shape index (κ2) is 8.52. The van der Waals surface area contributed by atoms with Gasteiger partial charge in [0.25, 0.3) is 11.6 Å². The lowest BCUT2D eigenvalue weighted by molar-refractivity contribution is -0.384. The summed E-state index contributed by atoms with van der Waals surface area (Å²) in [5.41, 5.74) is 0.442. The average Bonchev–Trinajstić information content (AvgIpc) is 3.24. The number of amides is 1. The van der Waals surface area contributed by atoms with E-state index in [0.717, 1.165) is 12.1 Å². The van der Waals surface area contributed by atoms with Gasteiger partial charge in [-0.25, -0.2) is 8.78 Å². The molecule has 1 aromatic heterocycles. The van der Waals surface area contributed by atoms with Crippen molar-refractivity contribution >= 4 is 11.6 Å². The SMILES string of the molecule is O=C(c1cccc([N+](=O)[O-])c1)N1CCN(Cc2nnnn2-c2ccc(F)c(F)c2)CC1. The van der Waals surface area contributed by atoms with Crippen LogP contribution >= 0.6 is 0 Å². The molecule has 0 radical (unpaired) electrons. The zero-order valence-corrected chi connectivity index (χ0v) is 16.2. The van der Waals surface area contributed by atoms with Crippen LogP contribution < -0.4 is 0 Å². The molecule has 0 unspecified atom stereocenters. The molecule has 160 valence electrons. The van der Waals surface area contributed by atoms with Crippen molar-refractivity contribution in [2.75, 3.05) is 26.2 Å². The second-order valence-corrected chi connectivity index (χ2v) is 6.98. The van der Waals surface area contributed by atoms with Crippen LogP contribution in [0.25, 0.3) is 5.69 Å². The molecular weight excluding hydrogens is 412 g/mol. The Hall–Kier alpha value is -3.80. The van der Waals surface area contributed by atoms with E-state index in [4.69, 9.17) is 0 Å². The van der Waals surface area contributed by atoms with E-state index in [1.807, 2.05) is 4.90 Å². The Balaban J connectivity index is 1.40. The summed E-state index contributed by atoms with van der Waals surface area (Å²) >= 11 is 0. The number of halogens is 2. The first-order valence-corrected chi connectivity index (χ1v) is 9.41. The molecule has 4 rings (SSSR count). The molecule has 2 aromatic carbocycles. The van der Waals surface area contributed by atoms with Crippen LogP contribution in [0.2, 0.25) is 0 Å². The van der Waals surface area contributed by atoms with E-state index in [9.17, 15) is 23.7 Å². The second-order valence-electron chi connectivity index (χ2n) is 6.98. The monoisotopic (exact) mass is 429 g/mol. The average molecular weight is 429 g/mol. The van der Waals surface area contributed by atoms with Gasteiger partial charge in [-0.2, -0.15) is 4.68 Å². The van der Waals surface area contributed by atoms with Crippen molar-refractivity contribution in [1.82, 2.24) is 30.0 Å². The van der Waals surface area contributed by atoms with Gasteiger partial charge in [0.1, 0.15) is 0 Å². The fourth-order valence-corrected chi connectivity index (χ4v) is 3.37. The number of nitro groups is 1. The van der Waals surface area contributed by atoms with E-state index in [0.29, 0.717) is 44.2 Å². The van der Waals surface area contributed by atoms with E-state index in [2.05, 4.69) is 15.5 Å². The van der Waals surface area contributed by atoms with Crippen molar-refractivity contribution in [1.29, 1.82) is 0 Å². The number of tetrazole rings is 1. The van der Waals surface area contributed by atoms with Gasteiger partial charge in [-0.05, 0) is 28.6 Å². The zero-order valence-electron chi connectivity index (χ0n) is 16.2. The van der Waals surface area contributed by atoms with E-state index in [1.54, 1.807) is 11.0 Å². The quantitative estimate of drug-likeness (QED) is 0.449. The third-order valence-corrected chi connectivity index (χ3v) is 5.01. The van der Waals surface area contributed by atoms with Gasteiger partial charge in [-0.1, -0.05) is 6.07 Å². The number of carbonyl (C=O) groups excluding carboxylic acids is 1. The van der Waals surface area contributed by atoms with Gasteiger partial charge in [0, 0.05) is 49.9 Å². The Morgan fingerprint density at radius 3 is 2.55 bits per heavy atom. The van der Waals surface area contributed by atoms with E-state index >= 15 is 0 Å². The number of nitrogens with zero attached hydrogens (tertiary/aromatic N) is 7. The van der Waals surface area contributed by atoms with Crippen LogP contribution in [-0.2, 0) is 6.54 Å². The van der Waals surface area contributed by atoms with Crippen molar-refractivity contribution in [3.8, 4) is 5.69 Å². The number of piperazine rings is 1. The molecule has 0 aliphatic carbocycles. The number of aromatic nitrogens is 4. The molecule has 1 saturated heterocycles. The summed E-state index contributed by atoms with van der Waals surface area (Å²) < 4.78 is 28.1. The van der Waals surface area contributed by atoms with Crippen LogP contribution in [0.4, 0.5) is 14.5 Å². The fourth-order valence-electron chi connectivity index (χ4n) is 3.37. The maximum Gasteiger partial charge on any atom is 0.270 e. The summed E-state index contributed by atoms with van der Waals surface area (Å²) in [4.78, 5) is 26.7. The maximum absolute atomic E-state index is 13.5. The molecule has 31 heavy (non-hydrogen) atoms. The summed E-state index contributed by atoms with van der Waals surface area (Å²) in [5, 5.41) is 22.4. The van der Waals surface area contributed by atoms with Crippen molar-refractivity contribution in [2.45, 2.75) is 6.54 Å². The molecule has 0 spiro atoms. The van der Waals surface area contributed by atoms with Gasteiger partial charge in [-0.15, -0.1) is 5.10 Å². The van der Waals surface area contributed by atoms with Crippen LogP contribution in [0.5, 0.6) is 0 Å². The summed E-state index contributed by atoms with van der Waals surface area (Å²) in [6.45, 7) is 2.27. The number of non-ortho nitro benzene ring substituents is 1. The highest BCUT2D eigenvalue weighted by Gasteiger charge is 2.24. The molecule has 0 saturated carbocycles.